The van der Waals surface area contributed by atoms with Crippen LogP contribution in [0.5, 0.6) is 5.75 Å². The van der Waals surface area contributed by atoms with Crippen molar-refractivity contribution < 1.29 is 18.3 Å². The Labute approximate surface area is 214 Å². The molecule has 184 valence electrons. The van der Waals surface area contributed by atoms with Crippen molar-refractivity contribution in [3.05, 3.63) is 101 Å². The molecule has 36 heavy (non-hydrogen) atoms. The molecule has 4 aromatic rings. The molecule has 0 heterocycles. The second kappa shape index (κ2) is 10.4. The molecular weight excluding hydrogens is 498 g/mol. The Hall–Kier alpha value is -3.88. The minimum Gasteiger partial charge on any atom is -0.507 e. The predicted octanol–water partition coefficient (Wildman–Crippen LogP) is 5.16. The molecule has 0 aliphatic carbocycles. The molecule has 0 atom stereocenters. The monoisotopic (exact) mass is 521 g/mol. The summed E-state index contributed by atoms with van der Waals surface area (Å²) in [5.74, 6) is -0.650. The third kappa shape index (κ3) is 5.35. The number of fused-ring (bicyclic) bond motifs is 1. The summed E-state index contributed by atoms with van der Waals surface area (Å²) in [6, 6.07) is 21.9. The molecule has 0 fully saturated rings. The van der Waals surface area contributed by atoms with E-state index < -0.39 is 22.5 Å². The molecule has 1 amide bonds. The first kappa shape index (κ1) is 25.2. The molecule has 2 N–H and O–H groups in total. The van der Waals surface area contributed by atoms with E-state index in [1.54, 1.807) is 49.4 Å². The van der Waals surface area contributed by atoms with E-state index in [9.17, 15) is 18.3 Å². The number of rotatable bonds is 7. The van der Waals surface area contributed by atoms with E-state index in [1.165, 1.54) is 18.3 Å². The van der Waals surface area contributed by atoms with Gasteiger partial charge in [-0.25, -0.2) is 13.8 Å². The number of aryl methyl sites for hydroxylation is 2. The van der Waals surface area contributed by atoms with Crippen molar-refractivity contribution >= 4 is 50.2 Å². The lowest BCUT2D eigenvalue weighted by molar-refractivity contribution is -0.119. The fraction of sp³-hybridized carbons (Fsp3) is 0.111. The lowest BCUT2D eigenvalue weighted by atomic mass is 10.0. The van der Waals surface area contributed by atoms with E-state index in [2.05, 4.69) is 10.5 Å². The molecule has 0 spiro atoms. The number of carbonyl (C=O) groups is 1. The van der Waals surface area contributed by atoms with Gasteiger partial charge in [-0.05, 0) is 66.6 Å². The van der Waals surface area contributed by atoms with Gasteiger partial charge in [-0.15, -0.1) is 0 Å². The van der Waals surface area contributed by atoms with Crippen molar-refractivity contribution in [2.75, 3.05) is 10.8 Å². The molecule has 9 heteroatoms. The summed E-state index contributed by atoms with van der Waals surface area (Å²) in [5, 5.41) is 16.4. The lowest BCUT2D eigenvalue weighted by Crippen LogP contribution is -2.40. The average molecular weight is 522 g/mol. The number of sulfonamides is 1. The molecule has 4 rings (SSSR count). The third-order valence-corrected chi connectivity index (χ3v) is 7.66. The maximum absolute atomic E-state index is 13.5. The van der Waals surface area contributed by atoms with Crippen LogP contribution in [0, 0.1) is 13.8 Å². The van der Waals surface area contributed by atoms with Gasteiger partial charge in [-0.3, -0.25) is 9.10 Å². The Kier molecular flexibility index (Phi) is 7.28. The Morgan fingerprint density at radius 1 is 1.03 bits per heavy atom. The molecule has 0 saturated heterocycles. The van der Waals surface area contributed by atoms with E-state index in [-0.39, 0.29) is 10.6 Å². The number of aromatic hydroxyl groups is 1. The zero-order valence-corrected chi connectivity index (χ0v) is 21.2. The van der Waals surface area contributed by atoms with Crippen LogP contribution in [0.25, 0.3) is 10.8 Å². The van der Waals surface area contributed by atoms with Crippen molar-refractivity contribution in [1.29, 1.82) is 0 Å². The topological polar surface area (TPSA) is 99.1 Å². The standard InChI is InChI=1S/C27H24ClN3O4S/c1-18-7-11-22(12-8-18)36(34,35)31(25-13-10-21(28)15-19(25)2)17-27(33)30-29-16-24-23-6-4-3-5-20(23)9-14-26(24)32/h3-16,32H,17H2,1-2H3,(H,30,33). The summed E-state index contributed by atoms with van der Waals surface area (Å²) in [6.45, 7) is 3.06. The number of anilines is 1. The van der Waals surface area contributed by atoms with Crippen molar-refractivity contribution in [1.82, 2.24) is 5.43 Å². The Bertz CT molecular complexity index is 1570. The number of amides is 1. The number of hydrogen-bond acceptors (Lipinski definition) is 5. The number of carbonyl (C=O) groups excluding carboxylic acids is 1. The highest BCUT2D eigenvalue weighted by atomic mass is 35.5. The summed E-state index contributed by atoms with van der Waals surface area (Å²) in [5.41, 5.74) is 4.64. The molecule has 0 bridgehead atoms. The van der Waals surface area contributed by atoms with Crippen LogP contribution in [0.2, 0.25) is 5.02 Å². The van der Waals surface area contributed by atoms with E-state index >= 15 is 0 Å². The van der Waals surface area contributed by atoms with E-state index in [4.69, 9.17) is 11.6 Å². The fourth-order valence-electron chi connectivity index (χ4n) is 3.79. The second-order valence-corrected chi connectivity index (χ2v) is 10.6. The van der Waals surface area contributed by atoms with Gasteiger partial charge in [-0.1, -0.05) is 59.6 Å². The van der Waals surface area contributed by atoms with Crippen molar-refractivity contribution in [2.24, 2.45) is 5.10 Å². The van der Waals surface area contributed by atoms with E-state index in [0.717, 1.165) is 20.6 Å². The molecule has 0 aliphatic rings. The quantitative estimate of drug-likeness (QED) is 0.259. The predicted molar refractivity (Wildman–Crippen MR) is 143 cm³/mol. The lowest BCUT2D eigenvalue weighted by Gasteiger charge is -2.25. The van der Waals surface area contributed by atoms with Crippen LogP contribution in [-0.2, 0) is 14.8 Å². The highest BCUT2D eigenvalue weighted by Crippen LogP contribution is 2.29. The van der Waals surface area contributed by atoms with Crippen molar-refractivity contribution in [2.45, 2.75) is 18.7 Å². The smallest absolute Gasteiger partial charge is 0.264 e. The van der Waals surface area contributed by atoms with Gasteiger partial charge in [0.2, 0.25) is 0 Å². The summed E-state index contributed by atoms with van der Waals surface area (Å²) in [7, 11) is -4.08. The van der Waals surface area contributed by atoms with Crippen LogP contribution < -0.4 is 9.73 Å². The molecule has 0 radical (unpaired) electrons. The molecule has 0 aromatic heterocycles. The number of nitrogens with zero attached hydrogens (tertiary/aromatic N) is 2. The van der Waals surface area contributed by atoms with Crippen LogP contribution in [0.1, 0.15) is 16.7 Å². The molecule has 0 unspecified atom stereocenters. The van der Waals surface area contributed by atoms with Gasteiger partial charge in [0.05, 0.1) is 16.8 Å². The average Bonchev–Trinajstić information content (AvgIpc) is 2.84. The van der Waals surface area contributed by atoms with Crippen LogP contribution in [0.4, 0.5) is 5.69 Å². The van der Waals surface area contributed by atoms with Crippen LogP contribution in [0.3, 0.4) is 0 Å². The second-order valence-electron chi connectivity index (χ2n) is 8.27. The molecule has 7 nitrogen and oxygen atoms in total. The number of phenolic OH excluding ortho intramolecular Hbond substituents is 1. The Morgan fingerprint density at radius 2 is 1.75 bits per heavy atom. The summed E-state index contributed by atoms with van der Waals surface area (Å²) in [4.78, 5) is 12.9. The normalized spacial score (nSPS) is 11.6. The summed E-state index contributed by atoms with van der Waals surface area (Å²) < 4.78 is 28.1. The SMILES string of the molecule is Cc1ccc(S(=O)(=O)N(CC(=O)NN=Cc2c(O)ccc3ccccc23)c2ccc(Cl)cc2C)cc1. The van der Waals surface area contributed by atoms with Gasteiger partial charge in [0.1, 0.15) is 12.3 Å². The van der Waals surface area contributed by atoms with E-state index in [1.807, 2.05) is 31.2 Å². The first-order valence-corrected chi connectivity index (χ1v) is 12.9. The maximum Gasteiger partial charge on any atom is 0.264 e. The number of hydrazone groups is 1. The first-order chi connectivity index (χ1) is 17.2. The van der Waals surface area contributed by atoms with Crippen LogP contribution in [0.15, 0.2) is 88.9 Å². The van der Waals surface area contributed by atoms with Gasteiger partial charge in [-0.2, -0.15) is 5.10 Å². The van der Waals surface area contributed by atoms with Crippen LogP contribution in [-0.4, -0.2) is 32.2 Å². The minimum atomic E-state index is -4.08. The number of phenols is 1. The fourth-order valence-corrected chi connectivity index (χ4v) is 5.50. The number of benzene rings is 4. The largest absolute Gasteiger partial charge is 0.507 e. The Balaban J connectivity index is 1.62. The third-order valence-electron chi connectivity index (χ3n) is 5.65. The summed E-state index contributed by atoms with van der Waals surface area (Å²) >= 11 is 6.07. The first-order valence-electron chi connectivity index (χ1n) is 11.0. The van der Waals surface area contributed by atoms with Crippen molar-refractivity contribution in [3.8, 4) is 5.75 Å². The minimum absolute atomic E-state index is 0.00654. The van der Waals surface area contributed by atoms with Gasteiger partial charge in [0.25, 0.3) is 15.9 Å². The molecule has 0 saturated carbocycles. The zero-order valence-electron chi connectivity index (χ0n) is 19.6. The van der Waals surface area contributed by atoms with Crippen LogP contribution >= 0.6 is 11.6 Å². The number of nitrogens with one attached hydrogen (secondary N) is 1. The van der Waals surface area contributed by atoms with Crippen molar-refractivity contribution in [3.63, 3.8) is 0 Å². The zero-order chi connectivity index (χ0) is 25.9. The van der Waals surface area contributed by atoms with Gasteiger partial charge in [0, 0.05) is 10.6 Å². The number of halogens is 1. The molecule has 0 aliphatic heterocycles. The highest BCUT2D eigenvalue weighted by molar-refractivity contribution is 7.92. The number of hydrogen-bond donors (Lipinski definition) is 2. The van der Waals surface area contributed by atoms with Gasteiger partial charge >= 0.3 is 0 Å². The van der Waals surface area contributed by atoms with E-state index in [0.29, 0.717) is 21.8 Å². The van der Waals surface area contributed by atoms with Gasteiger partial charge < -0.3 is 5.11 Å². The molecular formula is C27H24ClN3O4S. The van der Waals surface area contributed by atoms with Gasteiger partial charge in [0.15, 0.2) is 0 Å². The summed E-state index contributed by atoms with van der Waals surface area (Å²) in [6.07, 6.45) is 1.34. The molecule has 4 aromatic carbocycles. The highest BCUT2D eigenvalue weighted by Gasteiger charge is 2.28. The Morgan fingerprint density at radius 3 is 2.47 bits per heavy atom. The maximum atomic E-state index is 13.5.